The van der Waals surface area contributed by atoms with Crippen molar-refractivity contribution in [3.63, 3.8) is 0 Å². The van der Waals surface area contributed by atoms with Gasteiger partial charge in [0.25, 0.3) is 0 Å². The maximum absolute atomic E-state index is 12.2. The van der Waals surface area contributed by atoms with Gasteiger partial charge in [-0.05, 0) is 33.4 Å². The molecule has 2 heterocycles. The minimum atomic E-state index is -0.731. The van der Waals surface area contributed by atoms with Crippen molar-refractivity contribution in [3.8, 4) is 0 Å². The molecule has 1 atom stereocenters. The fourth-order valence-electron chi connectivity index (χ4n) is 3.04. The Morgan fingerprint density at radius 3 is 2.30 bits per heavy atom. The average molecular weight is 283 g/mol. The number of piperidine rings is 1. The van der Waals surface area contributed by atoms with Crippen molar-refractivity contribution in [2.75, 3.05) is 46.8 Å². The standard InChI is InChI=1S/C14H25N3O3/c1-15(2)12-5-6-16(9-12)10-13(18)17-7-3-11(4-8-17)14(19)20/h11-12H,3-10H2,1-2H3,(H,19,20). The van der Waals surface area contributed by atoms with Crippen molar-refractivity contribution in [3.05, 3.63) is 0 Å². The first kappa shape index (κ1) is 15.3. The van der Waals surface area contributed by atoms with Crippen LogP contribution in [0.2, 0.25) is 0 Å². The number of carbonyl (C=O) groups is 2. The summed E-state index contributed by atoms with van der Waals surface area (Å²) in [6, 6.07) is 0.542. The highest BCUT2D eigenvalue weighted by molar-refractivity contribution is 5.79. The van der Waals surface area contributed by atoms with Gasteiger partial charge in [-0.25, -0.2) is 0 Å². The maximum atomic E-state index is 12.2. The van der Waals surface area contributed by atoms with E-state index >= 15 is 0 Å². The van der Waals surface area contributed by atoms with Gasteiger partial charge in [-0.1, -0.05) is 0 Å². The summed E-state index contributed by atoms with van der Waals surface area (Å²) in [7, 11) is 4.15. The molecule has 1 N–H and O–H groups in total. The van der Waals surface area contributed by atoms with E-state index in [4.69, 9.17) is 5.11 Å². The van der Waals surface area contributed by atoms with Gasteiger partial charge in [-0.3, -0.25) is 14.5 Å². The molecule has 0 bridgehead atoms. The van der Waals surface area contributed by atoms with Crippen LogP contribution < -0.4 is 0 Å². The van der Waals surface area contributed by atoms with Crippen LogP contribution in [0.4, 0.5) is 0 Å². The highest BCUT2D eigenvalue weighted by Crippen LogP contribution is 2.18. The SMILES string of the molecule is CN(C)C1CCN(CC(=O)N2CCC(C(=O)O)CC2)C1. The van der Waals surface area contributed by atoms with Crippen LogP contribution in [0, 0.1) is 5.92 Å². The first-order valence-electron chi connectivity index (χ1n) is 7.36. The number of hydrogen-bond acceptors (Lipinski definition) is 4. The van der Waals surface area contributed by atoms with Crippen LogP contribution in [0.1, 0.15) is 19.3 Å². The Kier molecular flexibility index (Phi) is 4.99. The molecule has 2 aliphatic rings. The molecule has 0 aromatic heterocycles. The third-order valence-electron chi connectivity index (χ3n) is 4.53. The molecule has 0 radical (unpaired) electrons. The normalized spacial score (nSPS) is 25.4. The zero-order chi connectivity index (χ0) is 14.7. The van der Waals surface area contributed by atoms with E-state index in [0.29, 0.717) is 38.5 Å². The maximum Gasteiger partial charge on any atom is 0.306 e. The second kappa shape index (κ2) is 6.54. The Morgan fingerprint density at radius 1 is 1.15 bits per heavy atom. The van der Waals surface area contributed by atoms with Gasteiger partial charge in [0.05, 0.1) is 12.5 Å². The van der Waals surface area contributed by atoms with Crippen molar-refractivity contribution < 1.29 is 14.7 Å². The molecule has 1 unspecified atom stereocenters. The number of carbonyl (C=O) groups excluding carboxylic acids is 1. The number of carboxylic acid groups (broad SMARTS) is 1. The van der Waals surface area contributed by atoms with E-state index in [2.05, 4.69) is 23.9 Å². The van der Waals surface area contributed by atoms with Crippen LogP contribution in [-0.2, 0) is 9.59 Å². The fourth-order valence-corrected chi connectivity index (χ4v) is 3.04. The van der Waals surface area contributed by atoms with Crippen LogP contribution >= 0.6 is 0 Å². The van der Waals surface area contributed by atoms with Gasteiger partial charge < -0.3 is 14.9 Å². The number of likely N-dealkylation sites (tertiary alicyclic amines) is 2. The monoisotopic (exact) mass is 283 g/mol. The van der Waals surface area contributed by atoms with Gasteiger partial charge >= 0.3 is 5.97 Å². The molecule has 0 saturated carbocycles. The number of amides is 1. The second-order valence-corrected chi connectivity index (χ2v) is 6.13. The molecule has 0 spiro atoms. The van der Waals surface area contributed by atoms with Crippen molar-refractivity contribution >= 4 is 11.9 Å². The quantitative estimate of drug-likeness (QED) is 0.783. The van der Waals surface area contributed by atoms with Crippen LogP contribution in [0.25, 0.3) is 0 Å². The summed E-state index contributed by atoms with van der Waals surface area (Å²) in [5, 5.41) is 8.96. The molecule has 20 heavy (non-hydrogen) atoms. The Bertz CT molecular complexity index is 365. The van der Waals surface area contributed by atoms with Crippen LogP contribution in [0.15, 0.2) is 0 Å². The minimum absolute atomic E-state index is 0.147. The highest BCUT2D eigenvalue weighted by Gasteiger charge is 2.30. The highest BCUT2D eigenvalue weighted by atomic mass is 16.4. The molecule has 0 aromatic carbocycles. The van der Waals surface area contributed by atoms with Gasteiger partial charge in [-0.2, -0.15) is 0 Å². The Morgan fingerprint density at radius 2 is 1.80 bits per heavy atom. The molecular formula is C14H25N3O3. The van der Waals surface area contributed by atoms with Crippen molar-refractivity contribution in [1.29, 1.82) is 0 Å². The Balaban J connectivity index is 1.75. The third kappa shape index (κ3) is 3.70. The molecule has 6 heteroatoms. The molecular weight excluding hydrogens is 258 g/mol. The molecule has 0 aliphatic carbocycles. The lowest BCUT2D eigenvalue weighted by atomic mass is 9.97. The van der Waals surface area contributed by atoms with E-state index < -0.39 is 5.97 Å². The molecule has 114 valence electrons. The summed E-state index contributed by atoms with van der Waals surface area (Å²) in [6.45, 7) is 3.56. The lowest BCUT2D eigenvalue weighted by molar-refractivity contribution is -0.145. The van der Waals surface area contributed by atoms with Crippen molar-refractivity contribution in [2.45, 2.75) is 25.3 Å². The smallest absolute Gasteiger partial charge is 0.306 e. The summed E-state index contributed by atoms with van der Waals surface area (Å²) in [5.74, 6) is -0.859. The molecule has 2 saturated heterocycles. The van der Waals surface area contributed by atoms with E-state index in [1.807, 2.05) is 4.90 Å². The largest absolute Gasteiger partial charge is 0.481 e. The molecule has 2 rings (SSSR count). The summed E-state index contributed by atoms with van der Waals surface area (Å²) >= 11 is 0. The van der Waals surface area contributed by atoms with Gasteiger partial charge in [-0.15, -0.1) is 0 Å². The number of likely N-dealkylation sites (N-methyl/N-ethyl adjacent to an activating group) is 1. The summed E-state index contributed by atoms with van der Waals surface area (Å²) < 4.78 is 0. The van der Waals surface area contributed by atoms with Gasteiger partial charge in [0.2, 0.25) is 5.91 Å². The number of carboxylic acids is 1. The van der Waals surface area contributed by atoms with E-state index in [9.17, 15) is 9.59 Å². The summed E-state index contributed by atoms with van der Waals surface area (Å²) in [5.41, 5.74) is 0. The number of aliphatic carboxylic acids is 1. The third-order valence-corrected chi connectivity index (χ3v) is 4.53. The van der Waals surface area contributed by atoms with Crippen molar-refractivity contribution in [1.82, 2.24) is 14.7 Å². The van der Waals surface area contributed by atoms with Gasteiger partial charge in [0.15, 0.2) is 0 Å². The molecule has 2 aliphatic heterocycles. The van der Waals surface area contributed by atoms with E-state index in [0.717, 1.165) is 19.5 Å². The Labute approximate surface area is 120 Å². The lowest BCUT2D eigenvalue weighted by Crippen LogP contribution is -2.45. The average Bonchev–Trinajstić information content (AvgIpc) is 2.87. The Hall–Kier alpha value is -1.14. The molecule has 2 fully saturated rings. The minimum Gasteiger partial charge on any atom is -0.481 e. The second-order valence-electron chi connectivity index (χ2n) is 6.13. The first-order valence-corrected chi connectivity index (χ1v) is 7.36. The van der Waals surface area contributed by atoms with E-state index in [1.54, 1.807) is 0 Å². The zero-order valence-corrected chi connectivity index (χ0v) is 12.4. The number of rotatable bonds is 4. The van der Waals surface area contributed by atoms with Crippen LogP contribution in [-0.4, -0.2) is 84.5 Å². The molecule has 0 aromatic rings. The first-order chi connectivity index (χ1) is 9.47. The van der Waals surface area contributed by atoms with Crippen LogP contribution in [0.5, 0.6) is 0 Å². The fraction of sp³-hybridized carbons (Fsp3) is 0.857. The van der Waals surface area contributed by atoms with Crippen molar-refractivity contribution in [2.24, 2.45) is 5.92 Å². The van der Waals surface area contributed by atoms with Gasteiger partial charge in [0.1, 0.15) is 0 Å². The topological polar surface area (TPSA) is 64.1 Å². The predicted molar refractivity (Wildman–Crippen MR) is 75.5 cm³/mol. The summed E-state index contributed by atoms with van der Waals surface area (Å²) in [6.07, 6.45) is 2.28. The number of nitrogens with zero attached hydrogens (tertiary/aromatic N) is 3. The van der Waals surface area contributed by atoms with E-state index in [-0.39, 0.29) is 11.8 Å². The van der Waals surface area contributed by atoms with Gasteiger partial charge in [0, 0.05) is 32.2 Å². The van der Waals surface area contributed by atoms with Crippen LogP contribution in [0.3, 0.4) is 0 Å². The number of hydrogen-bond donors (Lipinski definition) is 1. The molecule has 1 amide bonds. The summed E-state index contributed by atoms with van der Waals surface area (Å²) in [4.78, 5) is 29.4. The lowest BCUT2D eigenvalue weighted by Gasteiger charge is -2.31. The molecule has 6 nitrogen and oxygen atoms in total. The predicted octanol–water partition coefficient (Wildman–Crippen LogP) is -0.0545. The van der Waals surface area contributed by atoms with E-state index in [1.165, 1.54) is 0 Å². The zero-order valence-electron chi connectivity index (χ0n) is 12.4.